The molecule has 238 valence electrons. The van der Waals surface area contributed by atoms with Crippen LogP contribution in [0.2, 0.25) is 0 Å². The molecule has 3 aromatic rings. The third-order valence-corrected chi connectivity index (χ3v) is 11.6. The Bertz CT molecular complexity index is 1690. The lowest BCUT2D eigenvalue weighted by Crippen LogP contribution is -2.46. The summed E-state index contributed by atoms with van der Waals surface area (Å²) in [6.45, 7) is 3.94. The molecular weight excluding hydrogens is 596 g/mol. The molecule has 0 radical (unpaired) electrons. The first-order chi connectivity index (χ1) is 21.5. The molecule has 2 saturated carbocycles. The van der Waals surface area contributed by atoms with Gasteiger partial charge >= 0.3 is 6.09 Å². The largest absolute Gasteiger partial charge is 0.497 e. The average molecular weight is 635 g/mol. The summed E-state index contributed by atoms with van der Waals surface area (Å²) in [4.78, 5) is 23.9. The third-order valence-electron chi connectivity index (χ3n) is 10.3. The van der Waals surface area contributed by atoms with E-state index in [-0.39, 0.29) is 34.4 Å². The fraction of sp³-hybridized carbons (Fsp3) is 0.441. The Morgan fingerprint density at radius 2 is 1.80 bits per heavy atom. The molecule has 0 aliphatic heterocycles. The monoisotopic (exact) mass is 634 g/mol. The summed E-state index contributed by atoms with van der Waals surface area (Å²) in [6.07, 6.45) is 3.04. The van der Waals surface area contributed by atoms with Crippen LogP contribution in [0.1, 0.15) is 55.2 Å². The number of hydrogen-bond acceptors (Lipinski definition) is 8. The molecule has 0 unspecified atom stereocenters. The lowest BCUT2D eigenvalue weighted by molar-refractivity contribution is -0.384. The second-order valence-corrected chi connectivity index (χ2v) is 14.4. The van der Waals surface area contributed by atoms with E-state index in [2.05, 4.69) is 24.4 Å². The summed E-state index contributed by atoms with van der Waals surface area (Å²) >= 11 is 0. The summed E-state index contributed by atoms with van der Waals surface area (Å²) in [5.74, 6) is 1.42. The Hall–Kier alpha value is -3.96. The van der Waals surface area contributed by atoms with E-state index < -0.39 is 27.2 Å². The van der Waals surface area contributed by atoms with E-state index in [1.54, 1.807) is 19.2 Å². The number of carbonyl (C=O) groups excluding carboxylic acids is 1. The van der Waals surface area contributed by atoms with Crippen LogP contribution < -0.4 is 10.1 Å². The number of nitro groups is 1. The third kappa shape index (κ3) is 6.03. The van der Waals surface area contributed by atoms with Gasteiger partial charge in [-0.25, -0.2) is 4.79 Å². The van der Waals surface area contributed by atoms with Gasteiger partial charge in [0.1, 0.15) is 11.9 Å². The van der Waals surface area contributed by atoms with Crippen molar-refractivity contribution in [2.75, 3.05) is 19.0 Å². The molecular formula is C34H38N2O8S. The molecule has 1 amide bonds. The predicted molar refractivity (Wildman–Crippen MR) is 168 cm³/mol. The number of hydrogen-bond donors (Lipinski definition) is 1. The van der Waals surface area contributed by atoms with Crippen molar-refractivity contribution in [1.82, 2.24) is 0 Å². The van der Waals surface area contributed by atoms with Gasteiger partial charge in [0.2, 0.25) is 0 Å². The number of benzene rings is 3. The van der Waals surface area contributed by atoms with E-state index >= 15 is 0 Å². The molecule has 11 heteroatoms. The van der Waals surface area contributed by atoms with Crippen LogP contribution in [0.25, 0.3) is 0 Å². The Morgan fingerprint density at radius 1 is 1.07 bits per heavy atom. The highest BCUT2D eigenvalue weighted by molar-refractivity contribution is 7.86. The fourth-order valence-corrected chi connectivity index (χ4v) is 9.04. The standard InChI is InChI=1S/C34H38N2O8S/c1-21-4-12-27(13-5-21)45(40,41)43-20-23-19-31-30-14-6-22-18-26(42-3)11-15-28(22)29(30)16-17-34(31,2)32(23)44-33(37)35-24-7-9-25(10-8-24)36(38)39/h4-5,7-13,15,18,23,29-32H,6,14,16-17,19-20H2,1-3H3,(H,35,37)/t23-,29-,30-,31+,32+,34+/m1/s1. The summed E-state index contributed by atoms with van der Waals surface area (Å²) in [6, 6.07) is 18.4. The maximum Gasteiger partial charge on any atom is 0.411 e. The molecule has 2 fully saturated rings. The van der Waals surface area contributed by atoms with E-state index in [0.717, 1.165) is 37.0 Å². The zero-order valence-electron chi connectivity index (χ0n) is 25.6. The van der Waals surface area contributed by atoms with Crippen LogP contribution >= 0.6 is 0 Å². The number of methoxy groups -OCH3 is 1. The van der Waals surface area contributed by atoms with Crippen molar-refractivity contribution in [3.63, 3.8) is 0 Å². The summed E-state index contributed by atoms with van der Waals surface area (Å²) < 4.78 is 43.6. The first-order valence-electron chi connectivity index (χ1n) is 15.3. The fourth-order valence-electron chi connectivity index (χ4n) is 8.08. The molecule has 0 spiro atoms. The number of anilines is 1. The summed E-state index contributed by atoms with van der Waals surface area (Å²) in [5, 5.41) is 13.7. The molecule has 0 heterocycles. The van der Waals surface area contributed by atoms with Gasteiger partial charge in [-0.1, -0.05) is 30.7 Å². The van der Waals surface area contributed by atoms with Gasteiger partial charge in [0, 0.05) is 29.2 Å². The van der Waals surface area contributed by atoms with Gasteiger partial charge in [0.05, 0.1) is 23.5 Å². The maximum absolute atomic E-state index is 13.3. The topological polar surface area (TPSA) is 134 Å². The molecule has 3 aliphatic carbocycles. The second-order valence-electron chi connectivity index (χ2n) is 12.8. The number of nitro benzene ring substituents is 1. The van der Waals surface area contributed by atoms with Crippen LogP contribution in [0, 0.1) is 40.2 Å². The van der Waals surface area contributed by atoms with Gasteiger partial charge < -0.3 is 9.47 Å². The minimum Gasteiger partial charge on any atom is -0.497 e. The lowest BCUT2D eigenvalue weighted by atomic mass is 9.55. The summed E-state index contributed by atoms with van der Waals surface area (Å²) in [5.41, 5.74) is 3.50. The van der Waals surface area contributed by atoms with Crippen LogP contribution in [-0.4, -0.2) is 39.3 Å². The first-order valence-corrected chi connectivity index (χ1v) is 16.7. The number of aryl methyl sites for hydroxylation is 2. The Morgan fingerprint density at radius 3 is 2.49 bits per heavy atom. The molecule has 0 bridgehead atoms. The second kappa shape index (κ2) is 12.1. The van der Waals surface area contributed by atoms with Crippen LogP contribution in [0.3, 0.4) is 0 Å². The SMILES string of the molecule is COc1ccc2c(c1)CC[C@@H]1[C@@H]2CC[C@@]2(C)[C@H]1C[C@H](COS(=O)(=O)c1ccc(C)cc1)[C@@H]2OC(=O)Nc1ccc([N+](=O)[O-])cc1. The van der Waals surface area contributed by atoms with Crippen molar-refractivity contribution in [3.8, 4) is 5.75 Å². The zero-order chi connectivity index (χ0) is 31.9. The van der Waals surface area contributed by atoms with Crippen LogP contribution in [0.15, 0.2) is 71.6 Å². The number of non-ortho nitro benzene ring substituents is 1. The minimum absolute atomic E-state index is 0.0856. The van der Waals surface area contributed by atoms with Crippen molar-refractivity contribution < 1.29 is 31.8 Å². The minimum atomic E-state index is -4.02. The number of rotatable bonds is 8. The van der Waals surface area contributed by atoms with Crippen molar-refractivity contribution >= 4 is 27.6 Å². The van der Waals surface area contributed by atoms with Crippen LogP contribution in [-0.2, 0) is 25.5 Å². The highest BCUT2D eigenvalue weighted by Gasteiger charge is 2.60. The maximum atomic E-state index is 13.3. The van der Waals surface area contributed by atoms with E-state index in [1.807, 2.05) is 13.0 Å². The number of carbonyl (C=O) groups is 1. The molecule has 0 saturated heterocycles. The molecule has 6 atom stereocenters. The first kappa shape index (κ1) is 31.0. The number of amides is 1. The predicted octanol–water partition coefficient (Wildman–Crippen LogP) is 7.02. The van der Waals surface area contributed by atoms with E-state index in [0.29, 0.717) is 23.9 Å². The van der Waals surface area contributed by atoms with Crippen molar-refractivity contribution in [2.24, 2.45) is 23.2 Å². The van der Waals surface area contributed by atoms with Gasteiger partial charge in [0.15, 0.2) is 0 Å². The Labute approximate surface area is 263 Å². The van der Waals surface area contributed by atoms with Crippen LogP contribution in [0.4, 0.5) is 16.2 Å². The highest BCUT2D eigenvalue weighted by atomic mass is 32.2. The van der Waals surface area contributed by atoms with Crippen molar-refractivity contribution in [3.05, 3.63) is 93.5 Å². The number of nitrogens with one attached hydrogen (secondary N) is 1. The van der Waals surface area contributed by atoms with Crippen molar-refractivity contribution in [2.45, 2.75) is 62.9 Å². The molecule has 3 aliphatic rings. The Kier molecular flexibility index (Phi) is 8.34. The van der Waals surface area contributed by atoms with Crippen LogP contribution in [0.5, 0.6) is 5.75 Å². The van der Waals surface area contributed by atoms with Gasteiger partial charge in [0.25, 0.3) is 15.8 Å². The molecule has 3 aromatic carbocycles. The molecule has 0 aromatic heterocycles. The zero-order valence-corrected chi connectivity index (χ0v) is 26.4. The van der Waals surface area contributed by atoms with Gasteiger partial charge in [-0.15, -0.1) is 0 Å². The number of nitrogens with zero attached hydrogens (tertiary/aromatic N) is 1. The number of ether oxygens (including phenoxy) is 2. The van der Waals surface area contributed by atoms with Gasteiger partial charge in [-0.3, -0.25) is 19.6 Å². The molecule has 45 heavy (non-hydrogen) atoms. The summed E-state index contributed by atoms with van der Waals surface area (Å²) in [7, 11) is -2.34. The van der Waals surface area contributed by atoms with E-state index in [4.69, 9.17) is 13.7 Å². The molecule has 6 rings (SSSR count). The quantitative estimate of drug-likeness (QED) is 0.159. The van der Waals surface area contributed by atoms with Crippen molar-refractivity contribution in [1.29, 1.82) is 0 Å². The average Bonchev–Trinajstić information content (AvgIpc) is 3.31. The van der Waals surface area contributed by atoms with Gasteiger partial charge in [-0.05, 0) is 104 Å². The lowest BCUT2D eigenvalue weighted by Gasteiger charge is -2.50. The highest BCUT2D eigenvalue weighted by Crippen LogP contribution is 2.63. The Balaban J connectivity index is 1.25. The van der Waals surface area contributed by atoms with E-state index in [1.165, 1.54) is 47.5 Å². The molecule has 1 N–H and O–H groups in total. The smallest absolute Gasteiger partial charge is 0.411 e. The normalized spacial score (nSPS) is 27.0. The van der Waals surface area contributed by atoms with Gasteiger partial charge in [-0.2, -0.15) is 8.42 Å². The molecule has 10 nitrogen and oxygen atoms in total. The number of fused-ring (bicyclic) bond motifs is 5. The van der Waals surface area contributed by atoms with E-state index in [9.17, 15) is 23.3 Å².